The van der Waals surface area contributed by atoms with Gasteiger partial charge in [-0.3, -0.25) is 10.8 Å². The molecule has 0 saturated heterocycles. The van der Waals surface area contributed by atoms with E-state index < -0.39 is 11.4 Å². The summed E-state index contributed by atoms with van der Waals surface area (Å²) in [5.41, 5.74) is 8.07. The van der Waals surface area contributed by atoms with Crippen LogP contribution in [0.3, 0.4) is 0 Å². The molecule has 6 nitrogen and oxygen atoms in total. The molecule has 0 unspecified atom stereocenters. The Labute approximate surface area is 118 Å². The molecule has 106 valence electrons. The zero-order chi connectivity index (χ0) is 15.2. The molecule has 0 amide bonds. The molecule has 0 aliphatic rings. The third-order valence-electron chi connectivity index (χ3n) is 3.25. The molecular weight excluding hydrogens is 254 g/mol. The molecule has 0 bridgehead atoms. The van der Waals surface area contributed by atoms with Crippen LogP contribution in [0.2, 0.25) is 0 Å². The molecule has 1 aromatic carbocycles. The maximum Gasteiger partial charge on any atom is 0.201 e. The van der Waals surface area contributed by atoms with Gasteiger partial charge in [-0.05, 0) is 18.9 Å². The van der Waals surface area contributed by atoms with Gasteiger partial charge in [0, 0.05) is 5.56 Å². The molecule has 0 atom stereocenters. The average Bonchev–Trinajstić information content (AvgIpc) is 2.47. The minimum Gasteiger partial charge on any atom is -0.385 e. The Hall–Kier alpha value is -2.39. The second kappa shape index (κ2) is 6.68. The molecule has 6 heteroatoms. The van der Waals surface area contributed by atoms with E-state index in [9.17, 15) is 5.11 Å². The highest BCUT2D eigenvalue weighted by molar-refractivity contribution is 6.45. The first kappa shape index (κ1) is 15.7. The summed E-state index contributed by atoms with van der Waals surface area (Å²) in [6.45, 7) is 3.81. The SMILES string of the molecule is CCC(O)(CC)c1ccccc1N/N=C(\C#N)C(=N)N. The van der Waals surface area contributed by atoms with E-state index in [1.54, 1.807) is 18.2 Å². The van der Waals surface area contributed by atoms with Crippen molar-refractivity contribution in [2.24, 2.45) is 10.8 Å². The predicted molar refractivity (Wildman–Crippen MR) is 79.5 cm³/mol. The van der Waals surface area contributed by atoms with E-state index in [1.165, 1.54) is 0 Å². The Balaban J connectivity index is 3.16. The van der Waals surface area contributed by atoms with Crippen molar-refractivity contribution in [1.82, 2.24) is 0 Å². The third-order valence-corrected chi connectivity index (χ3v) is 3.25. The average molecular weight is 273 g/mol. The van der Waals surface area contributed by atoms with Gasteiger partial charge in [0.2, 0.25) is 5.71 Å². The van der Waals surface area contributed by atoms with Gasteiger partial charge in [-0.1, -0.05) is 32.0 Å². The van der Waals surface area contributed by atoms with Crippen LogP contribution in [0.1, 0.15) is 32.3 Å². The van der Waals surface area contributed by atoms with Crippen molar-refractivity contribution in [3.05, 3.63) is 29.8 Å². The van der Waals surface area contributed by atoms with Crippen LogP contribution in [0.25, 0.3) is 0 Å². The Bertz CT molecular complexity index is 555. The highest BCUT2D eigenvalue weighted by atomic mass is 16.3. The van der Waals surface area contributed by atoms with E-state index in [1.807, 2.05) is 26.0 Å². The summed E-state index contributed by atoms with van der Waals surface area (Å²) in [5.74, 6) is -0.404. The van der Waals surface area contributed by atoms with Crippen molar-refractivity contribution in [3.8, 4) is 6.07 Å². The lowest BCUT2D eigenvalue weighted by atomic mass is 9.87. The zero-order valence-corrected chi connectivity index (χ0v) is 11.6. The molecule has 5 N–H and O–H groups in total. The topological polar surface area (TPSA) is 118 Å². The number of hydrogen-bond acceptors (Lipinski definition) is 5. The lowest BCUT2D eigenvalue weighted by molar-refractivity contribution is 0.0291. The maximum atomic E-state index is 10.6. The van der Waals surface area contributed by atoms with Gasteiger partial charge in [0.25, 0.3) is 0 Å². The number of para-hydroxylation sites is 1. The number of aliphatic hydroxyl groups is 1. The molecule has 0 aromatic heterocycles. The Morgan fingerprint density at radius 1 is 1.45 bits per heavy atom. The Kier molecular flexibility index (Phi) is 5.23. The fraction of sp³-hybridized carbons (Fsp3) is 0.357. The van der Waals surface area contributed by atoms with Crippen LogP contribution >= 0.6 is 0 Å². The summed E-state index contributed by atoms with van der Waals surface area (Å²) in [4.78, 5) is 0. The van der Waals surface area contributed by atoms with Crippen LogP contribution in [0, 0.1) is 16.7 Å². The number of rotatable bonds is 6. The summed E-state index contributed by atoms with van der Waals surface area (Å²) in [6.07, 6.45) is 1.12. The molecule has 0 spiro atoms. The van der Waals surface area contributed by atoms with E-state index in [0.717, 1.165) is 0 Å². The lowest BCUT2D eigenvalue weighted by Gasteiger charge is -2.27. The van der Waals surface area contributed by atoms with Gasteiger partial charge < -0.3 is 10.8 Å². The first-order chi connectivity index (χ1) is 9.48. The van der Waals surface area contributed by atoms with E-state index in [0.29, 0.717) is 24.1 Å². The van der Waals surface area contributed by atoms with Gasteiger partial charge in [-0.2, -0.15) is 10.4 Å². The maximum absolute atomic E-state index is 10.6. The van der Waals surface area contributed by atoms with Crippen molar-refractivity contribution in [2.45, 2.75) is 32.3 Å². The number of amidine groups is 1. The number of nitrogens with one attached hydrogen (secondary N) is 2. The molecule has 0 fully saturated rings. The van der Waals surface area contributed by atoms with Crippen molar-refractivity contribution in [1.29, 1.82) is 10.7 Å². The minimum absolute atomic E-state index is 0.198. The van der Waals surface area contributed by atoms with Crippen molar-refractivity contribution in [3.63, 3.8) is 0 Å². The molecule has 0 radical (unpaired) electrons. The van der Waals surface area contributed by atoms with Gasteiger partial charge in [-0.25, -0.2) is 0 Å². The van der Waals surface area contributed by atoms with Crippen LogP contribution in [0.15, 0.2) is 29.4 Å². The number of anilines is 1. The number of hydrazone groups is 1. The van der Waals surface area contributed by atoms with Crippen LogP contribution in [-0.2, 0) is 5.60 Å². The summed E-state index contributed by atoms with van der Waals surface area (Å²) in [6, 6.07) is 8.93. The molecule has 0 saturated carbocycles. The van der Waals surface area contributed by atoms with Crippen LogP contribution in [0.5, 0.6) is 0 Å². The summed E-state index contributed by atoms with van der Waals surface area (Å²) in [5, 5.41) is 30.4. The van der Waals surface area contributed by atoms with Crippen molar-refractivity contribution >= 4 is 17.2 Å². The van der Waals surface area contributed by atoms with Gasteiger partial charge >= 0.3 is 0 Å². The smallest absolute Gasteiger partial charge is 0.201 e. The molecule has 0 aliphatic carbocycles. The normalized spacial score (nSPS) is 11.8. The van der Waals surface area contributed by atoms with Gasteiger partial charge in [-0.15, -0.1) is 0 Å². The monoisotopic (exact) mass is 273 g/mol. The van der Waals surface area contributed by atoms with Crippen molar-refractivity contribution < 1.29 is 5.11 Å². The molecule has 1 rings (SSSR count). The summed E-state index contributed by atoms with van der Waals surface area (Å²) >= 11 is 0. The number of nitrogens with zero attached hydrogens (tertiary/aromatic N) is 2. The van der Waals surface area contributed by atoms with Gasteiger partial charge in [0.1, 0.15) is 6.07 Å². The fourth-order valence-corrected chi connectivity index (χ4v) is 1.88. The number of benzene rings is 1. The van der Waals surface area contributed by atoms with E-state index in [4.69, 9.17) is 16.4 Å². The van der Waals surface area contributed by atoms with Crippen LogP contribution in [0.4, 0.5) is 5.69 Å². The van der Waals surface area contributed by atoms with Crippen LogP contribution in [-0.4, -0.2) is 16.7 Å². The fourth-order valence-electron chi connectivity index (χ4n) is 1.88. The first-order valence-electron chi connectivity index (χ1n) is 6.38. The Morgan fingerprint density at radius 3 is 2.55 bits per heavy atom. The quantitative estimate of drug-likeness (QED) is 0.359. The van der Waals surface area contributed by atoms with E-state index in [-0.39, 0.29) is 5.71 Å². The molecule has 1 aromatic rings. The van der Waals surface area contributed by atoms with E-state index >= 15 is 0 Å². The standard InChI is InChI=1S/C14H19N5O/c1-3-14(20,4-2)10-7-5-6-8-11(10)18-19-12(9-15)13(16)17/h5-8,18,20H,3-4H2,1-2H3,(H3,16,17)/b19-12+. The highest BCUT2D eigenvalue weighted by Crippen LogP contribution is 2.33. The predicted octanol–water partition coefficient (Wildman–Crippen LogP) is 1.92. The van der Waals surface area contributed by atoms with Crippen LogP contribution < -0.4 is 11.2 Å². The van der Waals surface area contributed by atoms with E-state index in [2.05, 4.69) is 10.5 Å². The minimum atomic E-state index is -0.956. The second-order valence-corrected chi connectivity index (χ2v) is 4.38. The second-order valence-electron chi connectivity index (χ2n) is 4.38. The zero-order valence-electron chi connectivity index (χ0n) is 11.6. The number of nitrogens with two attached hydrogens (primary N) is 1. The largest absolute Gasteiger partial charge is 0.385 e. The van der Waals surface area contributed by atoms with Gasteiger partial charge in [0.15, 0.2) is 5.84 Å². The molecular formula is C14H19N5O. The van der Waals surface area contributed by atoms with Crippen molar-refractivity contribution in [2.75, 3.05) is 5.43 Å². The first-order valence-corrected chi connectivity index (χ1v) is 6.38. The molecule has 0 aliphatic heterocycles. The molecule has 0 heterocycles. The lowest BCUT2D eigenvalue weighted by Crippen LogP contribution is -2.25. The summed E-state index contributed by atoms with van der Waals surface area (Å²) in [7, 11) is 0. The summed E-state index contributed by atoms with van der Waals surface area (Å²) < 4.78 is 0. The highest BCUT2D eigenvalue weighted by Gasteiger charge is 2.27. The number of nitriles is 1. The third kappa shape index (κ3) is 3.33. The Morgan fingerprint density at radius 2 is 2.05 bits per heavy atom. The molecule has 20 heavy (non-hydrogen) atoms. The van der Waals surface area contributed by atoms with Gasteiger partial charge in [0.05, 0.1) is 11.3 Å². The number of hydrogen-bond donors (Lipinski definition) is 4.